The Balaban J connectivity index is 2.88. The number of rotatable bonds is 3. The molecule has 1 unspecified atom stereocenters. The average Bonchev–Trinajstić information content (AvgIpc) is 2.13. The van der Waals surface area contributed by atoms with E-state index in [0.717, 1.165) is 6.92 Å². The van der Waals surface area contributed by atoms with E-state index < -0.39 is 29.9 Å². The normalized spacial score (nSPS) is 13.0. The zero-order chi connectivity index (χ0) is 11.6. The molecule has 1 atom stereocenters. The Hall–Kier alpha value is -1.33. The third-order valence-electron chi connectivity index (χ3n) is 1.76. The SMILES string of the molecule is CC(Nc1cc(F)c(F)c(F)c1)C(F)F. The molecular formula is C9H8F5N. The van der Waals surface area contributed by atoms with Gasteiger partial charge in [-0.1, -0.05) is 0 Å². The fourth-order valence-electron chi connectivity index (χ4n) is 0.965. The van der Waals surface area contributed by atoms with Crippen LogP contribution in [-0.2, 0) is 0 Å². The van der Waals surface area contributed by atoms with Crippen LogP contribution in [0, 0.1) is 17.5 Å². The second-order valence-electron chi connectivity index (χ2n) is 3.02. The molecule has 0 bridgehead atoms. The van der Waals surface area contributed by atoms with Crippen LogP contribution in [-0.4, -0.2) is 12.5 Å². The van der Waals surface area contributed by atoms with E-state index in [1.165, 1.54) is 0 Å². The summed E-state index contributed by atoms with van der Waals surface area (Å²) >= 11 is 0. The van der Waals surface area contributed by atoms with Crippen LogP contribution >= 0.6 is 0 Å². The molecule has 0 fully saturated rings. The van der Waals surface area contributed by atoms with E-state index in [9.17, 15) is 22.0 Å². The lowest BCUT2D eigenvalue weighted by molar-refractivity contribution is 0.130. The van der Waals surface area contributed by atoms with E-state index in [1.54, 1.807) is 0 Å². The number of nitrogens with one attached hydrogen (secondary N) is 1. The zero-order valence-electron chi connectivity index (χ0n) is 7.70. The maximum absolute atomic E-state index is 12.6. The highest BCUT2D eigenvalue weighted by molar-refractivity contribution is 5.45. The Labute approximate surface area is 82.9 Å². The smallest absolute Gasteiger partial charge is 0.258 e. The molecule has 0 aliphatic rings. The van der Waals surface area contributed by atoms with Crippen LogP contribution in [0.25, 0.3) is 0 Å². The molecule has 0 spiro atoms. The van der Waals surface area contributed by atoms with Gasteiger partial charge in [-0.25, -0.2) is 22.0 Å². The van der Waals surface area contributed by atoms with Gasteiger partial charge in [-0.15, -0.1) is 0 Å². The van der Waals surface area contributed by atoms with Crippen LogP contribution < -0.4 is 5.32 Å². The molecule has 1 N–H and O–H groups in total. The van der Waals surface area contributed by atoms with Crippen LogP contribution in [0.1, 0.15) is 6.92 Å². The van der Waals surface area contributed by atoms with Gasteiger partial charge >= 0.3 is 0 Å². The highest BCUT2D eigenvalue weighted by Gasteiger charge is 2.16. The summed E-state index contributed by atoms with van der Waals surface area (Å²) in [6.45, 7) is 1.14. The molecule has 0 saturated heterocycles. The van der Waals surface area contributed by atoms with Crippen LogP contribution in [0.2, 0.25) is 0 Å². The minimum atomic E-state index is -2.68. The van der Waals surface area contributed by atoms with Gasteiger partial charge in [-0.2, -0.15) is 0 Å². The molecule has 1 aromatic rings. The van der Waals surface area contributed by atoms with Crippen molar-refractivity contribution >= 4 is 5.69 Å². The summed E-state index contributed by atoms with van der Waals surface area (Å²) in [7, 11) is 0. The van der Waals surface area contributed by atoms with Crippen LogP contribution in [0.5, 0.6) is 0 Å². The van der Waals surface area contributed by atoms with E-state index in [4.69, 9.17) is 0 Å². The minimum absolute atomic E-state index is 0.223. The zero-order valence-corrected chi connectivity index (χ0v) is 7.70. The fourth-order valence-corrected chi connectivity index (χ4v) is 0.965. The first kappa shape index (κ1) is 11.7. The van der Waals surface area contributed by atoms with Crippen molar-refractivity contribution in [3.63, 3.8) is 0 Å². The Morgan fingerprint density at radius 2 is 1.53 bits per heavy atom. The largest absolute Gasteiger partial charge is 0.377 e. The first-order valence-electron chi connectivity index (χ1n) is 4.11. The van der Waals surface area contributed by atoms with Crippen molar-refractivity contribution in [3.8, 4) is 0 Å². The van der Waals surface area contributed by atoms with Crippen molar-refractivity contribution in [1.82, 2.24) is 0 Å². The second kappa shape index (κ2) is 4.46. The van der Waals surface area contributed by atoms with Crippen molar-refractivity contribution in [2.24, 2.45) is 0 Å². The number of benzene rings is 1. The van der Waals surface area contributed by atoms with Crippen molar-refractivity contribution in [1.29, 1.82) is 0 Å². The van der Waals surface area contributed by atoms with Crippen molar-refractivity contribution in [3.05, 3.63) is 29.6 Å². The van der Waals surface area contributed by atoms with E-state index >= 15 is 0 Å². The molecule has 0 radical (unpaired) electrons. The summed E-state index contributed by atoms with van der Waals surface area (Å²) in [6.07, 6.45) is -2.68. The van der Waals surface area contributed by atoms with Crippen LogP contribution in [0.15, 0.2) is 12.1 Å². The maximum atomic E-state index is 12.6. The number of alkyl halides is 2. The van der Waals surface area contributed by atoms with Gasteiger partial charge in [0.1, 0.15) is 0 Å². The average molecular weight is 225 g/mol. The molecule has 84 valence electrons. The first-order chi connectivity index (χ1) is 6.91. The van der Waals surface area contributed by atoms with E-state index in [0.29, 0.717) is 12.1 Å². The predicted molar refractivity (Wildman–Crippen MR) is 45.4 cm³/mol. The van der Waals surface area contributed by atoms with Gasteiger partial charge in [0.25, 0.3) is 6.43 Å². The molecule has 0 amide bonds. The number of hydrogen-bond donors (Lipinski definition) is 1. The molecule has 1 nitrogen and oxygen atoms in total. The molecule has 1 rings (SSSR count). The standard InChI is InChI=1S/C9H8F5N/c1-4(9(13)14)15-5-2-6(10)8(12)7(11)3-5/h2-4,9,15H,1H3. The topological polar surface area (TPSA) is 12.0 Å². The van der Waals surface area contributed by atoms with Gasteiger partial charge in [0.2, 0.25) is 0 Å². The molecule has 6 heteroatoms. The second-order valence-corrected chi connectivity index (χ2v) is 3.02. The Kier molecular flexibility index (Phi) is 3.49. The molecule has 0 saturated carbocycles. The van der Waals surface area contributed by atoms with Gasteiger partial charge in [0, 0.05) is 17.8 Å². The molecule has 15 heavy (non-hydrogen) atoms. The molecule has 1 aromatic carbocycles. The Morgan fingerprint density at radius 1 is 1.07 bits per heavy atom. The number of anilines is 1. The third kappa shape index (κ3) is 2.81. The molecule has 0 heterocycles. The van der Waals surface area contributed by atoms with Crippen molar-refractivity contribution in [2.45, 2.75) is 19.4 Å². The summed E-state index contributed by atoms with van der Waals surface area (Å²) in [5.41, 5.74) is -0.223. The maximum Gasteiger partial charge on any atom is 0.258 e. The van der Waals surface area contributed by atoms with Gasteiger partial charge in [0.05, 0.1) is 6.04 Å². The minimum Gasteiger partial charge on any atom is -0.377 e. The molecule has 0 aromatic heterocycles. The first-order valence-corrected chi connectivity index (χ1v) is 4.11. The fraction of sp³-hybridized carbons (Fsp3) is 0.333. The highest BCUT2D eigenvalue weighted by Crippen LogP contribution is 2.19. The van der Waals surface area contributed by atoms with Crippen molar-refractivity contribution < 1.29 is 22.0 Å². The quantitative estimate of drug-likeness (QED) is 0.615. The molecular weight excluding hydrogens is 217 g/mol. The summed E-state index contributed by atoms with van der Waals surface area (Å²) in [5, 5.41) is 2.15. The third-order valence-corrected chi connectivity index (χ3v) is 1.76. The molecule has 0 aliphatic carbocycles. The van der Waals surface area contributed by atoms with Gasteiger partial charge in [-0.3, -0.25) is 0 Å². The van der Waals surface area contributed by atoms with Gasteiger partial charge in [-0.05, 0) is 6.92 Å². The monoisotopic (exact) mass is 225 g/mol. The van der Waals surface area contributed by atoms with Crippen LogP contribution in [0.3, 0.4) is 0 Å². The summed E-state index contributed by atoms with van der Waals surface area (Å²) in [5.74, 6) is -4.46. The lowest BCUT2D eigenvalue weighted by Gasteiger charge is -2.14. The van der Waals surface area contributed by atoms with E-state index in [1.807, 2.05) is 0 Å². The lowest BCUT2D eigenvalue weighted by atomic mass is 10.2. The highest BCUT2D eigenvalue weighted by atomic mass is 19.3. The summed E-state index contributed by atoms with van der Waals surface area (Å²) in [6, 6.07) is -0.0246. The van der Waals surface area contributed by atoms with E-state index in [2.05, 4.69) is 5.32 Å². The number of halogens is 5. The van der Waals surface area contributed by atoms with Crippen LogP contribution in [0.4, 0.5) is 27.6 Å². The van der Waals surface area contributed by atoms with Gasteiger partial charge in [0.15, 0.2) is 17.5 Å². The Morgan fingerprint density at radius 3 is 1.93 bits per heavy atom. The summed E-state index contributed by atoms with van der Waals surface area (Å²) in [4.78, 5) is 0. The lowest BCUT2D eigenvalue weighted by Crippen LogP contribution is -2.23. The molecule has 0 aliphatic heterocycles. The van der Waals surface area contributed by atoms with E-state index in [-0.39, 0.29) is 5.69 Å². The van der Waals surface area contributed by atoms with Crippen molar-refractivity contribution in [2.75, 3.05) is 5.32 Å². The number of hydrogen-bond acceptors (Lipinski definition) is 1. The Bertz CT molecular complexity index is 329. The summed E-state index contributed by atoms with van der Waals surface area (Å²) < 4.78 is 61.9. The van der Waals surface area contributed by atoms with Gasteiger partial charge < -0.3 is 5.32 Å². The predicted octanol–water partition coefficient (Wildman–Crippen LogP) is 3.17.